The zero-order chi connectivity index (χ0) is 23.0. The molecule has 1 aliphatic carbocycles. The quantitative estimate of drug-likeness (QED) is 0.277. The Kier molecular flexibility index (Phi) is 4.11. The summed E-state index contributed by atoms with van der Waals surface area (Å²) in [4.78, 5) is 2.51. The second-order valence-corrected chi connectivity index (χ2v) is 10.6. The maximum absolute atomic E-state index is 6.25. The van der Waals surface area contributed by atoms with Gasteiger partial charge < -0.3 is 9.32 Å². The zero-order valence-corrected chi connectivity index (χ0v) is 19.9. The summed E-state index contributed by atoms with van der Waals surface area (Å²) in [7, 11) is 0. The Morgan fingerprint density at radius 2 is 1.30 bits per heavy atom. The van der Waals surface area contributed by atoms with Crippen molar-refractivity contribution in [3.8, 4) is 11.1 Å². The largest absolute Gasteiger partial charge is 0.456 e. The minimum absolute atomic E-state index is 0.0279. The van der Waals surface area contributed by atoms with Crippen LogP contribution in [0.15, 0.2) is 89.3 Å². The van der Waals surface area contributed by atoms with E-state index in [9.17, 15) is 0 Å². The molecule has 5 aromatic rings. The van der Waals surface area contributed by atoms with Crippen LogP contribution in [0.25, 0.3) is 33.1 Å². The number of nitrogens with zero attached hydrogens (tertiary/aromatic N) is 1. The Balaban J connectivity index is 1.71. The summed E-state index contributed by atoms with van der Waals surface area (Å²) in [6.45, 7) is 11.6. The number of para-hydroxylation sites is 1. The third-order valence-corrected chi connectivity index (χ3v) is 7.12. The second-order valence-electron chi connectivity index (χ2n) is 10.6. The lowest BCUT2D eigenvalue weighted by Crippen LogP contribution is -2.38. The lowest BCUT2D eigenvalue weighted by atomic mass is 9.82. The molecule has 164 valence electrons. The average molecular weight is 432 g/mol. The first-order valence-corrected chi connectivity index (χ1v) is 11.7. The predicted molar refractivity (Wildman–Crippen MR) is 140 cm³/mol. The van der Waals surface area contributed by atoms with Crippen molar-refractivity contribution in [2.75, 3.05) is 4.90 Å². The van der Waals surface area contributed by atoms with E-state index in [4.69, 9.17) is 4.42 Å². The molecular formula is C31H29NO. The van der Waals surface area contributed by atoms with E-state index in [1.165, 1.54) is 39.0 Å². The average Bonchev–Trinajstić information content (AvgIpc) is 3.28. The number of hydrogen-bond donors (Lipinski definition) is 0. The summed E-state index contributed by atoms with van der Waals surface area (Å²) in [5, 5.41) is 2.33. The number of anilines is 2. The molecule has 2 heteroatoms. The molecule has 0 bridgehead atoms. The Morgan fingerprint density at radius 1 is 0.667 bits per heavy atom. The van der Waals surface area contributed by atoms with Crippen molar-refractivity contribution in [3.63, 3.8) is 0 Å². The molecule has 0 N–H and O–H groups in total. The monoisotopic (exact) mass is 431 g/mol. The van der Waals surface area contributed by atoms with Crippen LogP contribution in [0.1, 0.15) is 45.7 Å². The van der Waals surface area contributed by atoms with Crippen LogP contribution in [0.5, 0.6) is 0 Å². The van der Waals surface area contributed by atoms with E-state index in [2.05, 4.69) is 118 Å². The summed E-state index contributed by atoms with van der Waals surface area (Å²) < 4.78 is 6.25. The van der Waals surface area contributed by atoms with Gasteiger partial charge in [0.05, 0.1) is 11.1 Å². The Bertz CT molecular complexity index is 1530. The fraction of sp³-hybridized carbons (Fsp3) is 0.226. The van der Waals surface area contributed by atoms with Gasteiger partial charge in [0.1, 0.15) is 11.2 Å². The molecule has 0 radical (unpaired) electrons. The molecule has 0 saturated heterocycles. The Morgan fingerprint density at radius 3 is 2.12 bits per heavy atom. The van der Waals surface area contributed by atoms with Crippen molar-refractivity contribution in [2.24, 2.45) is 0 Å². The van der Waals surface area contributed by atoms with Crippen LogP contribution < -0.4 is 4.90 Å². The first-order valence-electron chi connectivity index (χ1n) is 11.7. The number of fused-ring (bicyclic) bond motifs is 6. The van der Waals surface area contributed by atoms with Crippen LogP contribution in [-0.4, -0.2) is 5.54 Å². The molecule has 4 aromatic carbocycles. The maximum Gasteiger partial charge on any atom is 0.137 e. The molecule has 0 fully saturated rings. The van der Waals surface area contributed by atoms with Gasteiger partial charge in [0.2, 0.25) is 0 Å². The van der Waals surface area contributed by atoms with Crippen molar-refractivity contribution in [2.45, 2.75) is 45.6 Å². The van der Waals surface area contributed by atoms with Gasteiger partial charge in [0, 0.05) is 27.6 Å². The summed E-state index contributed by atoms with van der Waals surface area (Å²) in [5.74, 6) is 0. The van der Waals surface area contributed by atoms with Crippen LogP contribution in [0.4, 0.5) is 11.4 Å². The van der Waals surface area contributed by atoms with Crippen LogP contribution in [0, 0.1) is 0 Å². The van der Waals surface area contributed by atoms with Crippen LogP contribution in [0.2, 0.25) is 0 Å². The smallest absolute Gasteiger partial charge is 0.137 e. The minimum atomic E-state index is -0.149. The van der Waals surface area contributed by atoms with Gasteiger partial charge in [0.25, 0.3) is 0 Å². The Hall–Kier alpha value is -3.52. The summed E-state index contributed by atoms with van der Waals surface area (Å²) >= 11 is 0. The van der Waals surface area contributed by atoms with E-state index in [0.29, 0.717) is 0 Å². The molecule has 0 atom stereocenters. The summed E-state index contributed by atoms with van der Waals surface area (Å²) in [6.07, 6.45) is 0. The third kappa shape index (κ3) is 2.80. The summed E-state index contributed by atoms with van der Waals surface area (Å²) in [6, 6.07) is 30.5. The molecular weight excluding hydrogens is 402 g/mol. The normalized spacial score (nSPS) is 14.5. The van der Waals surface area contributed by atoms with Crippen molar-refractivity contribution in [1.82, 2.24) is 0 Å². The highest BCUT2D eigenvalue weighted by atomic mass is 16.3. The van der Waals surface area contributed by atoms with Gasteiger partial charge in [0.15, 0.2) is 0 Å². The molecule has 2 nitrogen and oxygen atoms in total. The highest BCUT2D eigenvalue weighted by Gasteiger charge is 2.39. The van der Waals surface area contributed by atoms with Gasteiger partial charge in [-0.05, 0) is 61.7 Å². The molecule has 0 spiro atoms. The van der Waals surface area contributed by atoms with Gasteiger partial charge in [-0.25, -0.2) is 0 Å². The SMILES string of the molecule is CC1(C)c2ccccc2-c2c(N(c3cccc4oc5ccccc5c34)C(C)(C)C)cccc21. The predicted octanol–water partition coefficient (Wildman–Crippen LogP) is 8.83. The van der Waals surface area contributed by atoms with E-state index < -0.39 is 0 Å². The highest BCUT2D eigenvalue weighted by molar-refractivity contribution is 6.13. The van der Waals surface area contributed by atoms with Gasteiger partial charge in [-0.15, -0.1) is 0 Å². The molecule has 1 aromatic heterocycles. The van der Waals surface area contributed by atoms with E-state index in [0.717, 1.165) is 16.6 Å². The number of benzene rings is 4. The lowest BCUT2D eigenvalue weighted by Gasteiger charge is -2.39. The minimum Gasteiger partial charge on any atom is -0.456 e. The third-order valence-electron chi connectivity index (χ3n) is 7.12. The van der Waals surface area contributed by atoms with E-state index in [-0.39, 0.29) is 11.0 Å². The number of rotatable bonds is 2. The summed E-state index contributed by atoms with van der Waals surface area (Å²) in [5.41, 5.74) is 9.58. The molecule has 0 aliphatic heterocycles. The van der Waals surface area contributed by atoms with Crippen LogP contribution in [0.3, 0.4) is 0 Å². The van der Waals surface area contributed by atoms with Crippen LogP contribution in [-0.2, 0) is 5.41 Å². The molecule has 0 amide bonds. The fourth-order valence-corrected chi connectivity index (χ4v) is 5.72. The standard InChI is InChI=1S/C31H29NO/c1-30(2,3)32(25-17-11-19-27-29(25)21-13-7-9-18-26(21)33-27)24-16-10-15-23-28(24)20-12-6-8-14-22(20)31(23,4)5/h6-19H,1-5H3. The molecule has 1 aliphatic rings. The van der Waals surface area contributed by atoms with E-state index in [1.807, 2.05) is 6.07 Å². The van der Waals surface area contributed by atoms with E-state index >= 15 is 0 Å². The van der Waals surface area contributed by atoms with Crippen molar-refractivity contribution >= 4 is 33.3 Å². The molecule has 6 rings (SSSR count). The zero-order valence-electron chi connectivity index (χ0n) is 19.9. The maximum atomic E-state index is 6.25. The second kappa shape index (κ2) is 6.74. The number of furan rings is 1. The number of hydrogen-bond acceptors (Lipinski definition) is 2. The first-order chi connectivity index (χ1) is 15.8. The molecule has 33 heavy (non-hydrogen) atoms. The van der Waals surface area contributed by atoms with E-state index in [1.54, 1.807) is 0 Å². The van der Waals surface area contributed by atoms with Gasteiger partial charge in [-0.2, -0.15) is 0 Å². The van der Waals surface area contributed by atoms with Crippen molar-refractivity contribution in [1.29, 1.82) is 0 Å². The van der Waals surface area contributed by atoms with Gasteiger partial charge in [-0.3, -0.25) is 0 Å². The lowest BCUT2D eigenvalue weighted by molar-refractivity contribution is 0.561. The topological polar surface area (TPSA) is 16.4 Å². The molecule has 0 saturated carbocycles. The molecule has 0 unspecified atom stereocenters. The highest BCUT2D eigenvalue weighted by Crippen LogP contribution is 2.54. The Labute approximate surface area is 195 Å². The molecule has 1 heterocycles. The fourth-order valence-electron chi connectivity index (χ4n) is 5.72. The van der Waals surface area contributed by atoms with Gasteiger partial charge in [-0.1, -0.05) is 74.5 Å². The van der Waals surface area contributed by atoms with Crippen molar-refractivity contribution < 1.29 is 4.42 Å². The van der Waals surface area contributed by atoms with Crippen molar-refractivity contribution in [3.05, 3.63) is 96.1 Å². The van der Waals surface area contributed by atoms with Gasteiger partial charge >= 0.3 is 0 Å². The first kappa shape index (κ1) is 20.1. The van der Waals surface area contributed by atoms with Crippen LogP contribution >= 0.6 is 0 Å².